The Morgan fingerprint density at radius 1 is 1.57 bits per heavy atom. The minimum atomic E-state index is -0.946. The molecule has 1 rings (SSSR count). The van der Waals surface area contributed by atoms with Crippen LogP contribution in [0.4, 0.5) is 0 Å². The van der Waals surface area contributed by atoms with Crippen LogP contribution in [-0.2, 0) is 11.2 Å². The third kappa shape index (κ3) is 3.01. The van der Waals surface area contributed by atoms with Gasteiger partial charge in [0, 0.05) is 11.8 Å². The number of carboxylic acids is 1. The lowest BCUT2D eigenvalue weighted by atomic mass is 10.3. The maximum atomic E-state index is 10.4. The Morgan fingerprint density at radius 2 is 2.29 bits per heavy atom. The third-order valence-electron chi connectivity index (χ3n) is 1.48. The van der Waals surface area contributed by atoms with Gasteiger partial charge in [-0.05, 0) is 13.8 Å². The van der Waals surface area contributed by atoms with Gasteiger partial charge < -0.3 is 9.84 Å². The molecule has 0 unspecified atom stereocenters. The number of carbonyl (C=O) groups is 1. The fraction of sp³-hybridized carbons (Fsp3) is 0.444. The molecule has 0 radical (unpaired) electrons. The first kappa shape index (κ1) is 10.4. The van der Waals surface area contributed by atoms with Crippen molar-refractivity contribution >= 4 is 5.97 Å². The first-order chi connectivity index (χ1) is 6.61. The summed E-state index contributed by atoms with van der Waals surface area (Å²) in [5.74, 6) is -0.241. The first-order valence-corrected chi connectivity index (χ1v) is 4.31. The number of hydrogen-bond acceptors (Lipinski definition) is 4. The van der Waals surface area contributed by atoms with Crippen molar-refractivity contribution < 1.29 is 14.6 Å². The van der Waals surface area contributed by atoms with Gasteiger partial charge in [0.15, 0.2) is 0 Å². The summed E-state index contributed by atoms with van der Waals surface area (Å²) in [7, 11) is 0. The van der Waals surface area contributed by atoms with E-state index in [2.05, 4.69) is 9.97 Å². The fourth-order valence-corrected chi connectivity index (χ4v) is 1.04. The topological polar surface area (TPSA) is 72.3 Å². The summed E-state index contributed by atoms with van der Waals surface area (Å²) < 4.78 is 5.16. The van der Waals surface area contributed by atoms with Crippen molar-refractivity contribution in [3.8, 4) is 5.88 Å². The Balaban J connectivity index is 2.88. The summed E-state index contributed by atoms with van der Waals surface area (Å²) in [5.41, 5.74) is 0.708. The average Bonchev–Trinajstić information content (AvgIpc) is 2.01. The Kier molecular flexibility index (Phi) is 3.39. The Morgan fingerprint density at radius 3 is 2.86 bits per heavy atom. The highest BCUT2D eigenvalue weighted by atomic mass is 16.5. The van der Waals surface area contributed by atoms with Gasteiger partial charge in [0.1, 0.15) is 12.2 Å². The van der Waals surface area contributed by atoms with Crippen molar-refractivity contribution in [3.05, 3.63) is 17.6 Å². The lowest BCUT2D eigenvalue weighted by molar-refractivity contribution is -0.136. The van der Waals surface area contributed by atoms with E-state index in [0.29, 0.717) is 18.2 Å². The van der Waals surface area contributed by atoms with Crippen LogP contribution in [0.2, 0.25) is 0 Å². The molecule has 5 heteroatoms. The quantitative estimate of drug-likeness (QED) is 0.771. The van der Waals surface area contributed by atoms with Crippen molar-refractivity contribution in [2.75, 3.05) is 6.61 Å². The van der Waals surface area contributed by atoms with Crippen LogP contribution < -0.4 is 4.74 Å². The average molecular weight is 196 g/mol. The summed E-state index contributed by atoms with van der Waals surface area (Å²) >= 11 is 0. The predicted octanol–water partition coefficient (Wildman–Crippen LogP) is 0.811. The molecule has 0 aliphatic heterocycles. The molecule has 1 aromatic rings. The predicted molar refractivity (Wildman–Crippen MR) is 49.3 cm³/mol. The van der Waals surface area contributed by atoms with E-state index in [9.17, 15) is 4.79 Å². The van der Waals surface area contributed by atoms with E-state index in [4.69, 9.17) is 9.84 Å². The van der Waals surface area contributed by atoms with E-state index in [1.165, 1.54) is 0 Å². The van der Waals surface area contributed by atoms with Gasteiger partial charge in [0.05, 0.1) is 6.61 Å². The standard InChI is InChI=1S/C9H12N2O3/c1-3-14-8-4-6(2)10-7(11-8)5-9(12)13/h4H,3,5H2,1-2H3,(H,12,13). The SMILES string of the molecule is CCOc1cc(C)nc(CC(=O)O)n1. The van der Waals surface area contributed by atoms with E-state index in [-0.39, 0.29) is 12.2 Å². The molecule has 0 aliphatic rings. The number of rotatable bonds is 4. The highest BCUT2D eigenvalue weighted by Gasteiger charge is 2.06. The van der Waals surface area contributed by atoms with Gasteiger partial charge in [-0.2, -0.15) is 4.98 Å². The highest BCUT2D eigenvalue weighted by molar-refractivity contribution is 5.69. The van der Waals surface area contributed by atoms with Crippen molar-refractivity contribution in [1.29, 1.82) is 0 Å². The van der Waals surface area contributed by atoms with Crippen LogP contribution in [0.25, 0.3) is 0 Å². The molecule has 0 aliphatic carbocycles. The van der Waals surface area contributed by atoms with E-state index in [0.717, 1.165) is 0 Å². The normalized spacial score (nSPS) is 9.86. The molecule has 0 spiro atoms. The van der Waals surface area contributed by atoms with E-state index >= 15 is 0 Å². The number of hydrogen-bond donors (Lipinski definition) is 1. The van der Waals surface area contributed by atoms with E-state index < -0.39 is 5.97 Å². The number of aryl methyl sites for hydroxylation is 1. The zero-order valence-electron chi connectivity index (χ0n) is 8.15. The van der Waals surface area contributed by atoms with Crippen molar-refractivity contribution in [1.82, 2.24) is 9.97 Å². The van der Waals surface area contributed by atoms with Crippen LogP contribution in [-0.4, -0.2) is 27.7 Å². The molecule has 0 saturated carbocycles. The lowest BCUT2D eigenvalue weighted by Gasteiger charge is -2.04. The molecule has 1 aromatic heterocycles. The molecular formula is C9H12N2O3. The Labute approximate surface area is 81.8 Å². The van der Waals surface area contributed by atoms with Crippen LogP contribution >= 0.6 is 0 Å². The second-order valence-corrected chi connectivity index (χ2v) is 2.77. The summed E-state index contributed by atoms with van der Waals surface area (Å²) in [6.45, 7) is 4.12. The lowest BCUT2D eigenvalue weighted by Crippen LogP contribution is -2.07. The molecular weight excluding hydrogens is 184 g/mol. The van der Waals surface area contributed by atoms with Crippen LogP contribution in [0, 0.1) is 6.92 Å². The molecule has 76 valence electrons. The smallest absolute Gasteiger partial charge is 0.311 e. The van der Waals surface area contributed by atoms with Gasteiger partial charge in [-0.3, -0.25) is 4.79 Å². The van der Waals surface area contributed by atoms with Crippen LogP contribution in [0.5, 0.6) is 5.88 Å². The van der Waals surface area contributed by atoms with Crippen LogP contribution in [0.3, 0.4) is 0 Å². The molecule has 0 atom stereocenters. The zero-order valence-corrected chi connectivity index (χ0v) is 8.15. The Hall–Kier alpha value is -1.65. The fourth-order valence-electron chi connectivity index (χ4n) is 1.04. The van der Waals surface area contributed by atoms with Gasteiger partial charge in [0.25, 0.3) is 0 Å². The van der Waals surface area contributed by atoms with E-state index in [1.807, 2.05) is 6.92 Å². The number of nitrogens with zero attached hydrogens (tertiary/aromatic N) is 2. The number of carboxylic acid groups (broad SMARTS) is 1. The maximum Gasteiger partial charge on any atom is 0.311 e. The Bertz CT molecular complexity index is 339. The van der Waals surface area contributed by atoms with Crippen LogP contribution in [0.1, 0.15) is 18.4 Å². The van der Waals surface area contributed by atoms with Crippen LogP contribution in [0.15, 0.2) is 6.07 Å². The van der Waals surface area contributed by atoms with Gasteiger partial charge >= 0.3 is 5.97 Å². The monoisotopic (exact) mass is 196 g/mol. The molecule has 1 heterocycles. The largest absolute Gasteiger partial charge is 0.481 e. The molecule has 0 amide bonds. The second-order valence-electron chi connectivity index (χ2n) is 2.77. The van der Waals surface area contributed by atoms with Gasteiger partial charge in [-0.25, -0.2) is 4.98 Å². The molecule has 1 N–H and O–H groups in total. The maximum absolute atomic E-state index is 10.4. The molecule has 0 fully saturated rings. The van der Waals surface area contributed by atoms with Crippen molar-refractivity contribution in [2.45, 2.75) is 20.3 Å². The number of aliphatic carboxylic acids is 1. The van der Waals surface area contributed by atoms with Gasteiger partial charge in [0.2, 0.25) is 5.88 Å². The summed E-state index contributed by atoms with van der Waals surface area (Å²) in [5, 5.41) is 8.56. The highest BCUT2D eigenvalue weighted by Crippen LogP contribution is 2.08. The minimum Gasteiger partial charge on any atom is -0.481 e. The molecule has 0 aromatic carbocycles. The van der Waals surface area contributed by atoms with Crippen molar-refractivity contribution in [2.24, 2.45) is 0 Å². The van der Waals surface area contributed by atoms with Gasteiger partial charge in [-0.15, -0.1) is 0 Å². The molecule has 14 heavy (non-hydrogen) atoms. The summed E-state index contributed by atoms with van der Waals surface area (Å²) in [6, 6.07) is 1.68. The molecule has 0 bridgehead atoms. The van der Waals surface area contributed by atoms with Gasteiger partial charge in [-0.1, -0.05) is 0 Å². The summed E-state index contributed by atoms with van der Waals surface area (Å²) in [4.78, 5) is 18.4. The first-order valence-electron chi connectivity index (χ1n) is 4.31. The van der Waals surface area contributed by atoms with E-state index in [1.54, 1.807) is 13.0 Å². The zero-order chi connectivity index (χ0) is 10.6. The second kappa shape index (κ2) is 4.55. The number of aromatic nitrogens is 2. The number of ether oxygens (including phenoxy) is 1. The third-order valence-corrected chi connectivity index (χ3v) is 1.48. The molecule has 0 saturated heterocycles. The molecule has 5 nitrogen and oxygen atoms in total. The summed E-state index contributed by atoms with van der Waals surface area (Å²) in [6.07, 6.45) is -0.179. The minimum absolute atomic E-state index is 0.179. The van der Waals surface area contributed by atoms with Crippen molar-refractivity contribution in [3.63, 3.8) is 0 Å².